The number of anilines is 2. The molecule has 0 saturated carbocycles. The second-order valence-corrected chi connectivity index (χ2v) is 8.10. The smallest absolute Gasteiger partial charge is 0.294 e. The molecular weight excluding hydrogens is 523 g/mol. The summed E-state index contributed by atoms with van der Waals surface area (Å²) in [4.78, 5) is 21.4. The molecule has 0 atom stereocenters. The van der Waals surface area contributed by atoms with E-state index >= 15 is 0 Å². The van der Waals surface area contributed by atoms with Crippen molar-refractivity contribution < 1.29 is 4.74 Å². The van der Waals surface area contributed by atoms with Crippen molar-refractivity contribution in [2.24, 2.45) is 0 Å². The van der Waals surface area contributed by atoms with Gasteiger partial charge in [-0.05, 0) is 50.4 Å². The molecule has 6 nitrogen and oxygen atoms in total. The van der Waals surface area contributed by atoms with E-state index in [1.807, 2.05) is 37.3 Å². The Morgan fingerprint density at radius 1 is 1.31 bits per heavy atom. The highest BCUT2D eigenvalue weighted by molar-refractivity contribution is 14.2. The summed E-state index contributed by atoms with van der Waals surface area (Å²) in [5.41, 5.74) is 2.27. The number of aryl methyl sites for hydroxylation is 1. The van der Waals surface area contributed by atoms with E-state index in [9.17, 15) is 4.79 Å². The summed E-state index contributed by atoms with van der Waals surface area (Å²) in [5, 5.41) is 6.12. The topological polar surface area (TPSA) is 69.0 Å². The summed E-state index contributed by atoms with van der Waals surface area (Å²) in [5.74, 6) is 4.32. The molecule has 0 amide bonds. The van der Waals surface area contributed by atoms with Crippen LogP contribution in [0.5, 0.6) is 5.75 Å². The number of ether oxygens (including phenoxy) is 1. The van der Waals surface area contributed by atoms with Crippen molar-refractivity contribution in [2.45, 2.75) is 13.5 Å². The number of methoxy groups -OCH3 is 1. The summed E-state index contributed by atoms with van der Waals surface area (Å²) in [6, 6.07) is 9.37. The number of nitrogens with one attached hydrogen (secondary N) is 1. The maximum Gasteiger partial charge on any atom is 0.294 e. The third-order valence-electron chi connectivity index (χ3n) is 3.94. The first-order valence-corrected chi connectivity index (χ1v) is 12.2. The minimum atomic E-state index is -0.310. The van der Waals surface area contributed by atoms with Gasteiger partial charge in [-0.3, -0.25) is 4.79 Å². The lowest BCUT2D eigenvalue weighted by Gasteiger charge is -2.11. The van der Waals surface area contributed by atoms with Crippen molar-refractivity contribution >= 4 is 53.4 Å². The summed E-state index contributed by atoms with van der Waals surface area (Å²) in [7, 11) is 2.98. The molecule has 0 bridgehead atoms. The molecule has 0 radical (unpaired) electrons. The predicted molar refractivity (Wildman–Crippen MR) is 126 cm³/mol. The average Bonchev–Trinajstić information content (AvgIpc) is 2.72. The van der Waals surface area contributed by atoms with E-state index in [4.69, 9.17) is 16.3 Å². The van der Waals surface area contributed by atoms with Crippen LogP contribution in [-0.4, -0.2) is 21.6 Å². The van der Waals surface area contributed by atoms with Crippen LogP contribution in [0.15, 0.2) is 47.5 Å². The SMILES string of the molecule is COc1ccc(Cn2cc(Cl)nc(Nc3ncc(C)cc3C#CSI)c2=O)cc1. The third kappa shape index (κ3) is 5.65. The van der Waals surface area contributed by atoms with Crippen molar-refractivity contribution in [3.05, 3.63) is 74.9 Å². The second kappa shape index (κ2) is 10.0. The fourth-order valence-electron chi connectivity index (χ4n) is 2.58. The van der Waals surface area contributed by atoms with Gasteiger partial charge in [0.15, 0.2) is 5.82 Å². The molecule has 9 heteroatoms. The Balaban J connectivity index is 1.94. The Morgan fingerprint density at radius 3 is 2.76 bits per heavy atom. The van der Waals surface area contributed by atoms with Gasteiger partial charge in [0.2, 0.25) is 0 Å². The Hall–Kier alpha value is -2.22. The number of nitrogens with zero attached hydrogens (tertiary/aromatic N) is 3. The molecule has 1 aromatic carbocycles. The van der Waals surface area contributed by atoms with Gasteiger partial charge in [0.1, 0.15) is 16.7 Å². The van der Waals surface area contributed by atoms with Crippen LogP contribution in [0.4, 0.5) is 11.6 Å². The number of aromatic nitrogens is 3. The van der Waals surface area contributed by atoms with Crippen molar-refractivity contribution in [2.75, 3.05) is 12.4 Å². The van der Waals surface area contributed by atoms with Crippen LogP contribution < -0.4 is 15.6 Å². The molecule has 148 valence electrons. The maximum absolute atomic E-state index is 12.9. The first-order valence-electron chi connectivity index (χ1n) is 8.42. The molecule has 3 rings (SSSR count). The molecule has 0 spiro atoms. The molecule has 29 heavy (non-hydrogen) atoms. The largest absolute Gasteiger partial charge is 0.497 e. The van der Waals surface area contributed by atoms with E-state index in [-0.39, 0.29) is 16.5 Å². The van der Waals surface area contributed by atoms with Gasteiger partial charge >= 0.3 is 0 Å². The molecule has 2 aromatic heterocycles. The zero-order valence-electron chi connectivity index (χ0n) is 15.6. The van der Waals surface area contributed by atoms with E-state index in [1.54, 1.807) is 13.3 Å². The van der Waals surface area contributed by atoms with Crippen LogP contribution in [0.25, 0.3) is 0 Å². The summed E-state index contributed by atoms with van der Waals surface area (Å²) < 4.78 is 6.67. The average molecular weight is 539 g/mol. The molecule has 1 N–H and O–H groups in total. The highest BCUT2D eigenvalue weighted by atomic mass is 127. The molecule has 3 aromatic rings. The van der Waals surface area contributed by atoms with E-state index in [2.05, 4.69) is 47.7 Å². The number of rotatable bonds is 5. The van der Waals surface area contributed by atoms with Gasteiger partial charge in [0.05, 0.1) is 19.2 Å². The predicted octanol–water partition coefficient (Wildman–Crippen LogP) is 4.79. The normalized spacial score (nSPS) is 10.2. The third-order valence-corrected chi connectivity index (χ3v) is 4.96. The van der Waals surface area contributed by atoms with Crippen LogP contribution in [0, 0.1) is 18.1 Å². The van der Waals surface area contributed by atoms with E-state index < -0.39 is 0 Å². The fraction of sp³-hybridized carbons (Fsp3) is 0.150. The molecule has 0 aliphatic carbocycles. The lowest BCUT2D eigenvalue weighted by Crippen LogP contribution is -2.24. The summed E-state index contributed by atoms with van der Waals surface area (Å²) in [6.45, 7) is 2.28. The Morgan fingerprint density at radius 2 is 2.07 bits per heavy atom. The summed E-state index contributed by atoms with van der Waals surface area (Å²) in [6.07, 6.45) is 3.21. The number of hydrogen-bond donors (Lipinski definition) is 1. The van der Waals surface area contributed by atoms with Crippen LogP contribution in [0.1, 0.15) is 16.7 Å². The van der Waals surface area contributed by atoms with Gasteiger partial charge in [0, 0.05) is 33.6 Å². The van der Waals surface area contributed by atoms with Crippen molar-refractivity contribution in [1.29, 1.82) is 0 Å². The van der Waals surface area contributed by atoms with Crippen LogP contribution >= 0.6 is 41.7 Å². The lowest BCUT2D eigenvalue weighted by molar-refractivity contribution is 0.414. The van der Waals surface area contributed by atoms with Gasteiger partial charge in [-0.25, -0.2) is 9.97 Å². The number of halogens is 2. The first-order chi connectivity index (χ1) is 14.0. The van der Waals surface area contributed by atoms with Crippen LogP contribution in [-0.2, 0) is 6.54 Å². The standard InChI is InChI=1S/C20H16ClIN4O2S/c1-13-9-15(7-8-29-22)18(23-10-13)25-19-20(27)26(12-17(21)24-19)11-14-3-5-16(28-2)6-4-14/h3-6,9-10,12H,11H2,1-2H3,(H,23,24,25). The van der Waals surface area contributed by atoms with Crippen molar-refractivity contribution in [3.63, 3.8) is 0 Å². The Labute approximate surface area is 189 Å². The van der Waals surface area contributed by atoms with Crippen molar-refractivity contribution in [3.8, 4) is 16.9 Å². The van der Waals surface area contributed by atoms with Crippen LogP contribution in [0.3, 0.4) is 0 Å². The highest BCUT2D eigenvalue weighted by Crippen LogP contribution is 2.19. The molecule has 0 aliphatic rings. The number of benzene rings is 1. The molecule has 0 unspecified atom stereocenters. The van der Waals surface area contributed by atoms with E-state index in [1.165, 1.54) is 19.7 Å². The van der Waals surface area contributed by atoms with Gasteiger partial charge in [-0.15, -0.1) is 0 Å². The van der Waals surface area contributed by atoms with Gasteiger partial charge in [0.25, 0.3) is 5.56 Å². The van der Waals surface area contributed by atoms with Gasteiger partial charge in [-0.2, -0.15) is 0 Å². The first kappa shape index (κ1) is 21.5. The Bertz CT molecular complexity index is 1140. The summed E-state index contributed by atoms with van der Waals surface area (Å²) >= 11 is 8.27. The fourth-order valence-corrected chi connectivity index (χ4v) is 3.26. The monoisotopic (exact) mass is 538 g/mol. The molecule has 2 heterocycles. The maximum atomic E-state index is 12.9. The minimum Gasteiger partial charge on any atom is -0.497 e. The number of pyridine rings is 1. The van der Waals surface area contributed by atoms with E-state index in [0.29, 0.717) is 17.9 Å². The van der Waals surface area contributed by atoms with Crippen LogP contribution in [0.2, 0.25) is 5.15 Å². The second-order valence-electron chi connectivity index (χ2n) is 6.03. The Kier molecular flexibility index (Phi) is 7.41. The van der Waals surface area contributed by atoms with Gasteiger partial charge < -0.3 is 14.6 Å². The lowest BCUT2D eigenvalue weighted by atomic mass is 10.2. The molecule has 0 saturated heterocycles. The van der Waals surface area contributed by atoms with E-state index in [0.717, 1.165) is 16.9 Å². The zero-order chi connectivity index (χ0) is 20.8. The molecule has 0 aliphatic heterocycles. The van der Waals surface area contributed by atoms with Crippen molar-refractivity contribution in [1.82, 2.24) is 14.5 Å². The molecule has 0 fully saturated rings. The highest BCUT2D eigenvalue weighted by Gasteiger charge is 2.12. The van der Waals surface area contributed by atoms with Gasteiger partial charge in [-0.1, -0.05) is 29.7 Å². The number of hydrogen-bond acceptors (Lipinski definition) is 6. The minimum absolute atomic E-state index is 0.0903. The molecular formula is C20H16ClIN4O2S. The zero-order valence-corrected chi connectivity index (χ0v) is 19.3. The quantitative estimate of drug-likeness (QED) is 0.372.